The van der Waals surface area contributed by atoms with Gasteiger partial charge in [0.25, 0.3) is 0 Å². The first-order chi connectivity index (χ1) is 7.85. The molecule has 0 fully saturated rings. The third-order valence-corrected chi connectivity index (χ3v) is 2.64. The molecule has 3 N–H and O–H groups in total. The molecule has 3 nitrogen and oxygen atoms in total. The van der Waals surface area contributed by atoms with Crippen molar-refractivity contribution in [1.29, 1.82) is 0 Å². The van der Waals surface area contributed by atoms with E-state index in [0.717, 1.165) is 19.6 Å². The van der Waals surface area contributed by atoms with Crippen LogP contribution in [0.2, 0.25) is 0 Å². The standard InChI is InChI=1S/C12H30BN3/c1-4-7-10-14-13(15-11-8-5-2)16-12-9-6-3/h14-16H,4-12H2,1-3H3. The first-order valence-electron chi connectivity index (χ1n) is 7.05. The maximum atomic E-state index is 3.52. The average molecular weight is 227 g/mol. The molecule has 0 rings (SSSR count). The van der Waals surface area contributed by atoms with Crippen molar-refractivity contribution >= 4 is 7.12 Å². The van der Waals surface area contributed by atoms with Crippen molar-refractivity contribution in [3.63, 3.8) is 0 Å². The lowest BCUT2D eigenvalue weighted by Gasteiger charge is -2.17. The van der Waals surface area contributed by atoms with Crippen LogP contribution in [0.15, 0.2) is 0 Å². The van der Waals surface area contributed by atoms with Crippen LogP contribution in [-0.2, 0) is 0 Å². The SMILES string of the molecule is CCCCNB(NCCCC)NCCCC. The molecular weight excluding hydrogens is 197 g/mol. The summed E-state index contributed by atoms with van der Waals surface area (Å²) < 4.78 is 0. The topological polar surface area (TPSA) is 36.1 Å². The number of rotatable bonds is 12. The molecule has 0 saturated carbocycles. The zero-order valence-corrected chi connectivity index (χ0v) is 11.4. The second-order valence-electron chi connectivity index (χ2n) is 4.36. The van der Waals surface area contributed by atoms with Gasteiger partial charge in [-0.05, 0) is 38.9 Å². The van der Waals surface area contributed by atoms with Crippen LogP contribution in [0.3, 0.4) is 0 Å². The fraction of sp³-hybridized carbons (Fsp3) is 1.00. The predicted octanol–water partition coefficient (Wildman–Crippen LogP) is 2.14. The van der Waals surface area contributed by atoms with Crippen molar-refractivity contribution < 1.29 is 0 Å². The normalized spacial score (nSPS) is 10.7. The number of hydrogen-bond acceptors (Lipinski definition) is 3. The summed E-state index contributed by atoms with van der Waals surface area (Å²) in [5, 5.41) is 10.5. The van der Waals surface area contributed by atoms with E-state index in [-0.39, 0.29) is 0 Å². The molecule has 0 aromatic carbocycles. The average Bonchev–Trinajstić information content (AvgIpc) is 2.29. The van der Waals surface area contributed by atoms with Crippen LogP contribution in [0.5, 0.6) is 0 Å². The maximum Gasteiger partial charge on any atom is 0.395 e. The largest absolute Gasteiger partial charge is 0.395 e. The van der Waals surface area contributed by atoms with Gasteiger partial charge in [0.2, 0.25) is 0 Å². The number of unbranched alkanes of at least 4 members (excludes halogenated alkanes) is 3. The second kappa shape index (κ2) is 13.0. The van der Waals surface area contributed by atoms with Crippen LogP contribution < -0.4 is 15.7 Å². The van der Waals surface area contributed by atoms with E-state index in [1.165, 1.54) is 38.5 Å². The summed E-state index contributed by atoms with van der Waals surface area (Å²) >= 11 is 0. The molecule has 0 aliphatic carbocycles. The second-order valence-corrected chi connectivity index (χ2v) is 4.36. The Morgan fingerprint density at radius 2 is 0.938 bits per heavy atom. The first-order valence-corrected chi connectivity index (χ1v) is 7.05. The van der Waals surface area contributed by atoms with Gasteiger partial charge in [-0.3, -0.25) is 0 Å². The lowest BCUT2D eigenvalue weighted by Crippen LogP contribution is -2.58. The van der Waals surface area contributed by atoms with Crippen molar-refractivity contribution in [2.75, 3.05) is 19.6 Å². The Morgan fingerprint density at radius 3 is 1.19 bits per heavy atom. The molecule has 0 atom stereocenters. The van der Waals surface area contributed by atoms with Gasteiger partial charge in [0.1, 0.15) is 0 Å². The Hall–Kier alpha value is -0.0551. The van der Waals surface area contributed by atoms with Crippen LogP contribution in [0, 0.1) is 0 Å². The Balaban J connectivity index is 3.58. The molecule has 0 aliphatic rings. The van der Waals surface area contributed by atoms with Crippen molar-refractivity contribution in [3.05, 3.63) is 0 Å². The zero-order chi connectivity index (χ0) is 12.1. The molecule has 0 radical (unpaired) electrons. The molecule has 0 heterocycles. The highest BCUT2D eigenvalue weighted by molar-refractivity contribution is 6.50. The molecule has 0 saturated heterocycles. The van der Waals surface area contributed by atoms with Gasteiger partial charge in [0.05, 0.1) is 0 Å². The monoisotopic (exact) mass is 227 g/mol. The van der Waals surface area contributed by atoms with E-state index in [9.17, 15) is 0 Å². The Kier molecular flexibility index (Phi) is 13.0. The van der Waals surface area contributed by atoms with Gasteiger partial charge in [0, 0.05) is 0 Å². The van der Waals surface area contributed by atoms with Crippen molar-refractivity contribution in [1.82, 2.24) is 15.7 Å². The summed E-state index contributed by atoms with van der Waals surface area (Å²) in [5.41, 5.74) is 0. The van der Waals surface area contributed by atoms with E-state index in [1.54, 1.807) is 0 Å². The lowest BCUT2D eigenvalue weighted by molar-refractivity contribution is 0.681. The molecule has 0 unspecified atom stereocenters. The summed E-state index contributed by atoms with van der Waals surface area (Å²) in [4.78, 5) is 0. The van der Waals surface area contributed by atoms with E-state index in [0.29, 0.717) is 7.12 Å². The molecule has 4 heteroatoms. The van der Waals surface area contributed by atoms with Crippen molar-refractivity contribution in [3.8, 4) is 0 Å². The summed E-state index contributed by atoms with van der Waals surface area (Å²) in [6.07, 6.45) is 7.52. The lowest BCUT2D eigenvalue weighted by atomic mass is 9.92. The minimum absolute atomic E-state index is 0.296. The van der Waals surface area contributed by atoms with E-state index >= 15 is 0 Å². The van der Waals surface area contributed by atoms with Gasteiger partial charge in [-0.1, -0.05) is 40.0 Å². The number of nitrogens with one attached hydrogen (secondary N) is 3. The smallest absolute Gasteiger partial charge is 0.328 e. The van der Waals surface area contributed by atoms with Gasteiger partial charge < -0.3 is 15.7 Å². The van der Waals surface area contributed by atoms with Gasteiger partial charge in [-0.2, -0.15) is 0 Å². The van der Waals surface area contributed by atoms with Gasteiger partial charge in [0.15, 0.2) is 0 Å². The zero-order valence-electron chi connectivity index (χ0n) is 11.4. The molecule has 0 amide bonds. The summed E-state index contributed by atoms with van der Waals surface area (Å²) in [5.74, 6) is 0. The van der Waals surface area contributed by atoms with Crippen molar-refractivity contribution in [2.24, 2.45) is 0 Å². The quantitative estimate of drug-likeness (QED) is 0.353. The highest BCUT2D eigenvalue weighted by Gasteiger charge is 2.11. The van der Waals surface area contributed by atoms with Gasteiger partial charge in [-0.25, -0.2) is 0 Å². The molecule has 0 bridgehead atoms. The van der Waals surface area contributed by atoms with E-state index in [4.69, 9.17) is 0 Å². The third kappa shape index (κ3) is 10.5. The predicted molar refractivity (Wildman–Crippen MR) is 74.5 cm³/mol. The van der Waals surface area contributed by atoms with E-state index in [2.05, 4.69) is 36.5 Å². The van der Waals surface area contributed by atoms with Crippen molar-refractivity contribution in [2.45, 2.75) is 59.3 Å². The molecular formula is C12H30BN3. The minimum atomic E-state index is 0.296. The third-order valence-electron chi connectivity index (χ3n) is 2.64. The Morgan fingerprint density at radius 1 is 0.625 bits per heavy atom. The maximum absolute atomic E-state index is 3.52. The van der Waals surface area contributed by atoms with E-state index < -0.39 is 0 Å². The Bertz CT molecular complexity index is 110. The van der Waals surface area contributed by atoms with Crippen LogP contribution in [0.25, 0.3) is 0 Å². The molecule has 0 aliphatic heterocycles. The highest BCUT2D eigenvalue weighted by atomic mass is 15.1. The number of hydrogen-bond donors (Lipinski definition) is 3. The van der Waals surface area contributed by atoms with Gasteiger partial charge in [-0.15, -0.1) is 0 Å². The summed E-state index contributed by atoms with van der Waals surface area (Å²) in [7, 11) is 0.296. The molecule has 16 heavy (non-hydrogen) atoms. The minimum Gasteiger partial charge on any atom is -0.328 e. The molecule has 96 valence electrons. The van der Waals surface area contributed by atoms with E-state index in [1.807, 2.05) is 0 Å². The summed E-state index contributed by atoms with van der Waals surface area (Å²) in [6.45, 7) is 9.97. The fourth-order valence-electron chi connectivity index (χ4n) is 1.49. The highest BCUT2D eigenvalue weighted by Crippen LogP contribution is 1.86. The van der Waals surface area contributed by atoms with Gasteiger partial charge >= 0.3 is 7.12 Å². The summed E-state index contributed by atoms with van der Waals surface area (Å²) in [6, 6.07) is 0. The van der Waals surface area contributed by atoms with Crippen LogP contribution in [0.4, 0.5) is 0 Å². The Labute approximate surface area is 102 Å². The van der Waals surface area contributed by atoms with Crippen LogP contribution in [-0.4, -0.2) is 26.8 Å². The first kappa shape index (κ1) is 15.9. The van der Waals surface area contributed by atoms with Crippen LogP contribution >= 0.6 is 0 Å². The van der Waals surface area contributed by atoms with Crippen LogP contribution in [0.1, 0.15) is 59.3 Å². The molecule has 0 aromatic heterocycles. The molecule has 0 aromatic rings. The molecule has 0 spiro atoms. The fourth-order valence-corrected chi connectivity index (χ4v) is 1.49.